The first-order chi connectivity index (χ1) is 6.38. The first kappa shape index (κ1) is 7.99. The average molecular weight is 169 g/mol. The number of hydrogen-bond acceptors (Lipinski definition) is 0. The second-order valence-electron chi connectivity index (χ2n) is 2.99. The monoisotopic (exact) mass is 169 g/mol. The smallest absolute Gasteiger partial charge is 0.201 e. The van der Waals surface area contributed by atoms with E-state index in [0.717, 1.165) is 0 Å². The van der Waals surface area contributed by atoms with Gasteiger partial charge in [-0.25, -0.2) is 4.57 Å². The van der Waals surface area contributed by atoms with Gasteiger partial charge in [0.1, 0.15) is 7.05 Å². The minimum Gasteiger partial charge on any atom is -0.201 e. The molecule has 0 saturated heterocycles. The van der Waals surface area contributed by atoms with Crippen molar-refractivity contribution in [3.63, 3.8) is 0 Å². The lowest BCUT2D eigenvalue weighted by Crippen LogP contribution is -2.29. The molecule has 2 rings (SSSR count). The Bertz CT molecular complexity index is 393. The number of rotatable bonds is 1. The Morgan fingerprint density at radius 1 is 1.15 bits per heavy atom. The Kier molecular flexibility index (Phi) is 2.09. The van der Waals surface area contributed by atoms with E-state index in [1.54, 1.807) is 0 Å². The summed E-state index contributed by atoms with van der Waals surface area (Å²) in [7, 11) is 2.04. The standard InChI is InChI=1S/C12H11N/c1-13-10-6-5-9-12(13)11-7-3-2-4-8-11/h2-4,6-10H,1H3/q+1. The van der Waals surface area contributed by atoms with Gasteiger partial charge in [0, 0.05) is 17.7 Å². The van der Waals surface area contributed by atoms with Crippen molar-refractivity contribution in [1.29, 1.82) is 0 Å². The zero-order valence-electron chi connectivity index (χ0n) is 7.57. The van der Waals surface area contributed by atoms with E-state index < -0.39 is 0 Å². The van der Waals surface area contributed by atoms with Crippen LogP contribution in [0.3, 0.4) is 0 Å². The predicted molar refractivity (Wildman–Crippen MR) is 51.9 cm³/mol. The third kappa shape index (κ3) is 1.59. The Hall–Kier alpha value is -1.63. The molecule has 0 spiro atoms. The van der Waals surface area contributed by atoms with E-state index in [2.05, 4.69) is 22.8 Å². The summed E-state index contributed by atoms with van der Waals surface area (Å²) in [5.41, 5.74) is 2.41. The van der Waals surface area contributed by atoms with Gasteiger partial charge in [0.05, 0.1) is 0 Å². The molecular weight excluding hydrogens is 158 g/mol. The number of benzene rings is 1. The summed E-state index contributed by atoms with van der Waals surface area (Å²) < 4.78 is 2.09. The van der Waals surface area contributed by atoms with Crippen molar-refractivity contribution in [1.82, 2.24) is 0 Å². The zero-order chi connectivity index (χ0) is 9.10. The third-order valence-corrected chi connectivity index (χ3v) is 2.06. The normalized spacial score (nSPS) is 9.92. The Labute approximate surface area is 78.3 Å². The van der Waals surface area contributed by atoms with Crippen molar-refractivity contribution in [2.75, 3.05) is 0 Å². The van der Waals surface area contributed by atoms with Crippen molar-refractivity contribution in [3.8, 4) is 11.3 Å². The maximum atomic E-state index is 3.08. The molecule has 1 aromatic heterocycles. The van der Waals surface area contributed by atoms with E-state index in [4.69, 9.17) is 0 Å². The zero-order valence-corrected chi connectivity index (χ0v) is 7.57. The van der Waals surface area contributed by atoms with Gasteiger partial charge < -0.3 is 0 Å². The van der Waals surface area contributed by atoms with Gasteiger partial charge in [-0.05, 0) is 18.2 Å². The molecule has 0 aliphatic heterocycles. The summed E-state index contributed by atoms with van der Waals surface area (Å²) >= 11 is 0. The number of hydrogen-bond donors (Lipinski definition) is 0. The molecule has 0 atom stereocenters. The van der Waals surface area contributed by atoms with Gasteiger partial charge >= 0.3 is 0 Å². The van der Waals surface area contributed by atoms with Crippen LogP contribution >= 0.6 is 0 Å². The highest BCUT2D eigenvalue weighted by atomic mass is 14.9. The molecular formula is C12H11N+. The number of nitrogens with zero attached hydrogens (tertiary/aromatic N) is 1. The quantitative estimate of drug-likeness (QED) is 0.575. The van der Waals surface area contributed by atoms with Gasteiger partial charge in [-0.2, -0.15) is 0 Å². The highest BCUT2D eigenvalue weighted by Gasteiger charge is 2.05. The molecule has 1 nitrogen and oxygen atoms in total. The molecule has 2 aromatic rings. The molecule has 0 unspecified atom stereocenters. The minimum atomic E-state index is 1.18. The molecule has 0 amide bonds. The summed E-state index contributed by atoms with van der Waals surface area (Å²) in [4.78, 5) is 0. The fourth-order valence-electron chi connectivity index (χ4n) is 1.36. The summed E-state index contributed by atoms with van der Waals surface area (Å²) in [6.07, 6.45) is 2.00. The molecule has 0 bridgehead atoms. The second-order valence-corrected chi connectivity index (χ2v) is 2.99. The van der Waals surface area contributed by atoms with Crippen LogP contribution in [0.15, 0.2) is 48.7 Å². The molecule has 0 fully saturated rings. The van der Waals surface area contributed by atoms with Crippen molar-refractivity contribution >= 4 is 0 Å². The van der Waals surface area contributed by atoms with Crippen LogP contribution in [-0.4, -0.2) is 0 Å². The summed E-state index contributed by atoms with van der Waals surface area (Å²) in [5.74, 6) is 0. The molecule has 1 heterocycles. The maximum Gasteiger partial charge on any atom is 0.212 e. The van der Waals surface area contributed by atoms with Gasteiger partial charge in [0.2, 0.25) is 5.69 Å². The third-order valence-electron chi connectivity index (χ3n) is 2.06. The van der Waals surface area contributed by atoms with Crippen LogP contribution in [0.4, 0.5) is 0 Å². The number of aromatic nitrogens is 1. The Morgan fingerprint density at radius 2 is 1.92 bits per heavy atom. The lowest BCUT2D eigenvalue weighted by molar-refractivity contribution is -0.660. The van der Waals surface area contributed by atoms with Crippen LogP contribution in [-0.2, 0) is 7.05 Å². The van der Waals surface area contributed by atoms with Gasteiger partial charge in [-0.3, -0.25) is 0 Å². The van der Waals surface area contributed by atoms with E-state index >= 15 is 0 Å². The number of pyridine rings is 1. The SMILES string of the molecule is C[n+]1cc[c]cc1-c1ccccc1. The Balaban J connectivity index is 2.54. The molecule has 0 saturated carbocycles. The van der Waals surface area contributed by atoms with Crippen molar-refractivity contribution in [2.24, 2.45) is 7.05 Å². The molecule has 13 heavy (non-hydrogen) atoms. The van der Waals surface area contributed by atoms with Gasteiger partial charge in [-0.15, -0.1) is 0 Å². The number of aryl methyl sites for hydroxylation is 1. The molecule has 0 aliphatic carbocycles. The molecule has 0 aliphatic rings. The van der Waals surface area contributed by atoms with Gasteiger partial charge in [0.15, 0.2) is 6.20 Å². The van der Waals surface area contributed by atoms with Gasteiger partial charge in [-0.1, -0.05) is 18.2 Å². The van der Waals surface area contributed by atoms with Crippen molar-refractivity contribution in [2.45, 2.75) is 0 Å². The van der Waals surface area contributed by atoms with Crippen LogP contribution in [0.1, 0.15) is 0 Å². The van der Waals surface area contributed by atoms with Crippen LogP contribution in [0, 0.1) is 6.07 Å². The van der Waals surface area contributed by atoms with E-state index in [1.165, 1.54) is 11.3 Å². The topological polar surface area (TPSA) is 3.88 Å². The van der Waals surface area contributed by atoms with Crippen LogP contribution in [0.2, 0.25) is 0 Å². The molecule has 1 aromatic carbocycles. The summed E-state index contributed by atoms with van der Waals surface area (Å²) in [5, 5.41) is 0. The Morgan fingerprint density at radius 3 is 2.62 bits per heavy atom. The summed E-state index contributed by atoms with van der Waals surface area (Å²) in [6, 6.07) is 17.3. The molecule has 1 heteroatoms. The van der Waals surface area contributed by atoms with E-state index in [1.807, 2.05) is 43.6 Å². The van der Waals surface area contributed by atoms with E-state index in [-0.39, 0.29) is 0 Å². The largest absolute Gasteiger partial charge is 0.212 e. The minimum absolute atomic E-state index is 1.18. The average Bonchev–Trinajstić information content (AvgIpc) is 2.20. The molecule has 0 N–H and O–H groups in total. The predicted octanol–water partition coefficient (Wildman–Crippen LogP) is 1.98. The van der Waals surface area contributed by atoms with Crippen LogP contribution < -0.4 is 4.57 Å². The second kappa shape index (κ2) is 3.40. The molecule has 63 valence electrons. The fourth-order valence-corrected chi connectivity index (χ4v) is 1.36. The van der Waals surface area contributed by atoms with Crippen molar-refractivity contribution in [3.05, 3.63) is 54.7 Å². The van der Waals surface area contributed by atoms with E-state index in [9.17, 15) is 0 Å². The maximum absolute atomic E-state index is 3.08. The lowest BCUT2D eigenvalue weighted by atomic mass is 10.1. The summed E-state index contributed by atoms with van der Waals surface area (Å²) in [6.45, 7) is 0. The fraction of sp³-hybridized carbons (Fsp3) is 0.0833. The van der Waals surface area contributed by atoms with Crippen molar-refractivity contribution < 1.29 is 4.57 Å². The highest BCUT2D eigenvalue weighted by Crippen LogP contribution is 2.12. The van der Waals surface area contributed by atoms with Crippen LogP contribution in [0.5, 0.6) is 0 Å². The first-order valence-electron chi connectivity index (χ1n) is 4.29. The van der Waals surface area contributed by atoms with Gasteiger partial charge in [0.25, 0.3) is 0 Å². The lowest BCUT2D eigenvalue weighted by Gasteiger charge is -1.97. The molecule has 1 radical (unpaired) electrons. The van der Waals surface area contributed by atoms with E-state index in [0.29, 0.717) is 0 Å². The highest BCUT2D eigenvalue weighted by molar-refractivity contribution is 5.55. The van der Waals surface area contributed by atoms with Crippen LogP contribution in [0.25, 0.3) is 11.3 Å². The first-order valence-corrected chi connectivity index (χ1v) is 4.29.